The molecular formula is C13H20N2S. The first kappa shape index (κ1) is 13.1. The van der Waals surface area contributed by atoms with Gasteiger partial charge >= 0.3 is 0 Å². The molecule has 0 aromatic heterocycles. The van der Waals surface area contributed by atoms with E-state index in [4.69, 9.17) is 0 Å². The molecule has 1 heterocycles. The average molecular weight is 236 g/mol. The first-order valence-electron chi connectivity index (χ1n) is 5.77. The Morgan fingerprint density at radius 2 is 2.12 bits per heavy atom. The van der Waals surface area contributed by atoms with Crippen LogP contribution in [0.3, 0.4) is 0 Å². The van der Waals surface area contributed by atoms with E-state index in [2.05, 4.69) is 23.5 Å². The Hall–Kier alpha value is -0.960. The molecule has 3 heteroatoms. The summed E-state index contributed by atoms with van der Waals surface area (Å²) < 4.78 is 0. The summed E-state index contributed by atoms with van der Waals surface area (Å²) >= 11 is 1.77. The minimum absolute atomic E-state index is 0.920. The van der Waals surface area contributed by atoms with E-state index in [0.717, 1.165) is 23.0 Å². The van der Waals surface area contributed by atoms with Crippen molar-refractivity contribution in [3.8, 4) is 0 Å². The molecule has 0 unspecified atom stereocenters. The topological polar surface area (TPSA) is 24.4 Å². The van der Waals surface area contributed by atoms with E-state index in [1.807, 2.05) is 12.2 Å². The lowest BCUT2D eigenvalue weighted by Crippen LogP contribution is -2.20. The zero-order chi connectivity index (χ0) is 11.6. The number of hydrogen-bond acceptors (Lipinski definition) is 3. The zero-order valence-electron chi connectivity index (χ0n) is 9.74. The molecule has 1 N–H and O–H groups in total. The van der Waals surface area contributed by atoms with Gasteiger partial charge in [-0.1, -0.05) is 37.3 Å². The van der Waals surface area contributed by atoms with Crippen LogP contribution in [0.2, 0.25) is 0 Å². The monoisotopic (exact) mass is 236 g/mol. The molecule has 0 saturated carbocycles. The number of aliphatic imine (C=N–C) groups is 1. The Balaban J connectivity index is 1.99. The summed E-state index contributed by atoms with van der Waals surface area (Å²) in [6.07, 6.45) is 11.9. The fourth-order valence-electron chi connectivity index (χ4n) is 1.39. The van der Waals surface area contributed by atoms with Crippen molar-refractivity contribution in [2.75, 3.05) is 5.75 Å². The summed E-state index contributed by atoms with van der Waals surface area (Å²) in [7, 11) is 0. The molecule has 0 spiro atoms. The lowest BCUT2D eigenvalue weighted by molar-refractivity contribution is 0.679. The van der Waals surface area contributed by atoms with Gasteiger partial charge in [-0.05, 0) is 25.3 Å². The smallest absolute Gasteiger partial charge is 0.165 e. The van der Waals surface area contributed by atoms with E-state index >= 15 is 0 Å². The van der Waals surface area contributed by atoms with E-state index in [0.29, 0.717) is 0 Å². The maximum absolute atomic E-state index is 4.24. The van der Waals surface area contributed by atoms with Gasteiger partial charge in [-0.25, -0.2) is 4.99 Å². The molecule has 88 valence electrons. The zero-order valence-corrected chi connectivity index (χ0v) is 10.6. The third kappa shape index (κ3) is 5.81. The molecule has 0 aliphatic carbocycles. The van der Waals surface area contributed by atoms with Gasteiger partial charge in [0.25, 0.3) is 0 Å². The number of nitrogens with one attached hydrogen (secondary N) is 1. The molecule has 0 saturated heterocycles. The van der Waals surface area contributed by atoms with Crippen LogP contribution in [0.1, 0.15) is 32.1 Å². The van der Waals surface area contributed by atoms with Crippen LogP contribution in [0.5, 0.6) is 0 Å². The number of unbranched alkanes of at least 4 members (excludes halogenated alkanes) is 4. The molecule has 0 bridgehead atoms. The van der Waals surface area contributed by atoms with Gasteiger partial charge in [0.2, 0.25) is 0 Å². The van der Waals surface area contributed by atoms with Crippen LogP contribution in [-0.2, 0) is 0 Å². The first-order valence-corrected chi connectivity index (χ1v) is 6.75. The minimum atomic E-state index is 0.920. The molecule has 1 rings (SSSR count). The highest BCUT2D eigenvalue weighted by Gasteiger charge is 2.02. The van der Waals surface area contributed by atoms with Crippen molar-refractivity contribution in [1.82, 2.24) is 5.32 Å². The number of rotatable bonds is 7. The summed E-state index contributed by atoms with van der Waals surface area (Å²) in [4.78, 5) is 4.24. The van der Waals surface area contributed by atoms with Gasteiger partial charge in [-0.3, -0.25) is 0 Å². The molecule has 0 fully saturated rings. The summed E-state index contributed by atoms with van der Waals surface area (Å²) in [6, 6.07) is 0. The van der Waals surface area contributed by atoms with Gasteiger partial charge in [-0.2, -0.15) is 0 Å². The second kappa shape index (κ2) is 8.22. The molecule has 0 aromatic carbocycles. The van der Waals surface area contributed by atoms with E-state index in [1.54, 1.807) is 18.0 Å². The normalized spacial score (nSPS) is 14.5. The van der Waals surface area contributed by atoms with Crippen molar-refractivity contribution >= 4 is 16.9 Å². The number of nitrogens with zero attached hydrogens (tertiary/aromatic N) is 1. The lowest BCUT2D eigenvalue weighted by Gasteiger charge is -2.11. The highest BCUT2D eigenvalue weighted by atomic mass is 32.2. The Morgan fingerprint density at radius 1 is 1.31 bits per heavy atom. The van der Waals surface area contributed by atoms with Crippen LogP contribution in [0.25, 0.3) is 0 Å². The predicted molar refractivity (Wildman–Crippen MR) is 74.6 cm³/mol. The fraction of sp³-hybridized carbons (Fsp3) is 0.462. The summed E-state index contributed by atoms with van der Waals surface area (Å²) in [5.41, 5.74) is 0.920. The van der Waals surface area contributed by atoms with Crippen LogP contribution in [0.15, 0.2) is 42.2 Å². The van der Waals surface area contributed by atoms with E-state index in [1.165, 1.54) is 25.7 Å². The maximum Gasteiger partial charge on any atom is 0.165 e. The van der Waals surface area contributed by atoms with Gasteiger partial charge in [0, 0.05) is 17.6 Å². The third-order valence-corrected chi connectivity index (χ3v) is 3.25. The first-order chi connectivity index (χ1) is 7.83. The number of allylic oxidation sites excluding steroid dienone is 2. The van der Waals surface area contributed by atoms with E-state index < -0.39 is 0 Å². The van der Waals surface area contributed by atoms with Crippen molar-refractivity contribution in [1.29, 1.82) is 0 Å². The molecule has 0 aromatic rings. The second-order valence-corrected chi connectivity index (χ2v) is 4.82. The molecule has 0 atom stereocenters. The minimum Gasteiger partial charge on any atom is -0.335 e. The van der Waals surface area contributed by atoms with Crippen LogP contribution < -0.4 is 5.32 Å². The number of thioether (sulfide) groups is 1. The Bertz CT molecular complexity index is 292. The molecular weight excluding hydrogens is 216 g/mol. The highest BCUT2D eigenvalue weighted by Crippen LogP contribution is 2.12. The van der Waals surface area contributed by atoms with Gasteiger partial charge < -0.3 is 5.32 Å². The average Bonchev–Trinajstić information content (AvgIpc) is 2.28. The summed E-state index contributed by atoms with van der Waals surface area (Å²) in [5, 5.41) is 4.12. The Kier molecular flexibility index (Phi) is 6.74. The summed E-state index contributed by atoms with van der Waals surface area (Å²) in [6.45, 7) is 7.56. The Labute approximate surface area is 103 Å². The standard InChI is InChI=1S/C13H20N2S/c1-3-4-5-6-7-8-11-16-13-14-10-9-12(2)15-13/h3,9-10H,1-2,4-8,11H2,(H,14,15). The van der Waals surface area contributed by atoms with E-state index in [-0.39, 0.29) is 0 Å². The van der Waals surface area contributed by atoms with E-state index in [9.17, 15) is 0 Å². The fourth-order valence-corrected chi connectivity index (χ4v) is 2.27. The molecule has 2 nitrogen and oxygen atoms in total. The third-order valence-electron chi connectivity index (χ3n) is 2.28. The maximum atomic E-state index is 4.24. The number of amidine groups is 1. The lowest BCUT2D eigenvalue weighted by atomic mass is 10.2. The quantitative estimate of drug-likeness (QED) is 0.536. The van der Waals surface area contributed by atoms with Gasteiger partial charge in [0.1, 0.15) is 0 Å². The molecule has 16 heavy (non-hydrogen) atoms. The van der Waals surface area contributed by atoms with Crippen molar-refractivity contribution < 1.29 is 0 Å². The number of hydrogen-bond donors (Lipinski definition) is 1. The van der Waals surface area contributed by atoms with Crippen molar-refractivity contribution in [3.05, 3.63) is 37.2 Å². The SMILES string of the molecule is C=CCCCCCCSC1=NC=CC(=C)N1. The van der Waals surface area contributed by atoms with Gasteiger partial charge in [0.05, 0.1) is 0 Å². The van der Waals surface area contributed by atoms with Crippen LogP contribution in [-0.4, -0.2) is 10.9 Å². The van der Waals surface area contributed by atoms with Crippen LogP contribution in [0.4, 0.5) is 0 Å². The van der Waals surface area contributed by atoms with Crippen LogP contribution in [0, 0.1) is 0 Å². The second-order valence-electron chi connectivity index (χ2n) is 3.74. The largest absolute Gasteiger partial charge is 0.335 e. The van der Waals surface area contributed by atoms with Crippen molar-refractivity contribution in [2.24, 2.45) is 4.99 Å². The van der Waals surface area contributed by atoms with Crippen LogP contribution >= 0.6 is 11.8 Å². The molecule has 0 amide bonds. The molecule has 1 aliphatic heterocycles. The molecule has 1 aliphatic rings. The Morgan fingerprint density at radius 3 is 2.88 bits per heavy atom. The molecule has 0 radical (unpaired) electrons. The van der Waals surface area contributed by atoms with Gasteiger partial charge in [0.15, 0.2) is 5.17 Å². The van der Waals surface area contributed by atoms with Gasteiger partial charge in [-0.15, -0.1) is 6.58 Å². The highest BCUT2D eigenvalue weighted by molar-refractivity contribution is 8.13. The summed E-state index contributed by atoms with van der Waals surface area (Å²) in [5.74, 6) is 1.13. The van der Waals surface area contributed by atoms with Crippen molar-refractivity contribution in [2.45, 2.75) is 32.1 Å². The predicted octanol–water partition coefficient (Wildman–Crippen LogP) is 3.84. The van der Waals surface area contributed by atoms with Crippen molar-refractivity contribution in [3.63, 3.8) is 0 Å².